The van der Waals surface area contributed by atoms with E-state index in [2.05, 4.69) is 15.6 Å². The molecule has 0 atom stereocenters. The van der Waals surface area contributed by atoms with Crippen LogP contribution >= 0.6 is 11.6 Å². The number of halogens is 1. The normalized spacial score (nSPS) is 11.3. The van der Waals surface area contributed by atoms with E-state index in [-0.39, 0.29) is 11.6 Å². The first kappa shape index (κ1) is 27.6. The molecule has 2 amide bonds. The number of aryl methyl sites for hydroxylation is 2. The summed E-state index contributed by atoms with van der Waals surface area (Å²) in [4.78, 5) is 30.7. The Bertz CT molecular complexity index is 1640. The summed E-state index contributed by atoms with van der Waals surface area (Å²) in [6.45, 7) is 3.08. The molecule has 8 nitrogen and oxygen atoms in total. The Labute approximate surface area is 243 Å². The summed E-state index contributed by atoms with van der Waals surface area (Å²) in [5.74, 6) is -0.779. The Balaban J connectivity index is 1.48. The van der Waals surface area contributed by atoms with Gasteiger partial charge in [-0.2, -0.15) is 5.10 Å². The number of carbonyl (C=O) groups excluding carboxylic acids is 2. The third-order valence-electron chi connectivity index (χ3n) is 6.43. The number of rotatable bonds is 10. The maximum absolute atomic E-state index is 13.4. The summed E-state index contributed by atoms with van der Waals surface area (Å²) in [6, 6.07) is 24.2. The molecule has 3 aromatic carbocycles. The lowest BCUT2D eigenvalue weighted by molar-refractivity contribution is -0.117. The van der Waals surface area contributed by atoms with Crippen LogP contribution in [0.15, 0.2) is 109 Å². The average Bonchev–Trinajstić information content (AvgIpc) is 3.66. The molecule has 5 aromatic rings. The van der Waals surface area contributed by atoms with Crippen molar-refractivity contribution in [3.63, 3.8) is 0 Å². The number of imidazole rings is 1. The van der Waals surface area contributed by atoms with Gasteiger partial charge in [0, 0.05) is 53.4 Å². The Kier molecular flexibility index (Phi) is 8.71. The number of aromatic nitrogens is 4. The van der Waals surface area contributed by atoms with E-state index < -0.39 is 5.91 Å². The van der Waals surface area contributed by atoms with Gasteiger partial charge in [-0.1, -0.05) is 59.6 Å². The summed E-state index contributed by atoms with van der Waals surface area (Å²) >= 11 is 6.14. The van der Waals surface area contributed by atoms with Crippen molar-refractivity contribution < 1.29 is 9.59 Å². The number of nitrogens with one attached hydrogen (secondary N) is 2. The first-order valence-electron chi connectivity index (χ1n) is 13.2. The largest absolute Gasteiger partial charge is 0.351 e. The highest BCUT2D eigenvalue weighted by Crippen LogP contribution is 2.27. The summed E-state index contributed by atoms with van der Waals surface area (Å²) in [5.41, 5.74) is 4.57. The van der Waals surface area contributed by atoms with Crippen molar-refractivity contribution in [2.75, 3.05) is 6.54 Å². The fourth-order valence-corrected chi connectivity index (χ4v) is 4.36. The fraction of sp³-hybridized carbons (Fsp3) is 0.125. The monoisotopic (exact) mass is 564 g/mol. The molecule has 0 aliphatic heterocycles. The summed E-state index contributed by atoms with van der Waals surface area (Å²) in [6.07, 6.45) is 9.52. The summed E-state index contributed by atoms with van der Waals surface area (Å²) in [7, 11) is 0. The van der Waals surface area contributed by atoms with Gasteiger partial charge in [-0.3, -0.25) is 9.59 Å². The number of benzene rings is 3. The minimum absolute atomic E-state index is 0.112. The van der Waals surface area contributed by atoms with E-state index in [0.29, 0.717) is 41.4 Å². The predicted molar refractivity (Wildman–Crippen MR) is 160 cm³/mol. The van der Waals surface area contributed by atoms with Crippen LogP contribution in [-0.4, -0.2) is 37.7 Å². The number of hydrogen-bond donors (Lipinski definition) is 2. The number of carbonyl (C=O) groups is 2. The molecule has 0 fully saturated rings. The predicted octanol–water partition coefficient (Wildman–Crippen LogP) is 5.68. The highest BCUT2D eigenvalue weighted by Gasteiger charge is 2.18. The molecule has 206 valence electrons. The van der Waals surface area contributed by atoms with Gasteiger partial charge in [0.2, 0.25) is 0 Å². The molecule has 0 aliphatic carbocycles. The van der Waals surface area contributed by atoms with E-state index >= 15 is 0 Å². The van der Waals surface area contributed by atoms with Gasteiger partial charge in [0.25, 0.3) is 11.8 Å². The maximum atomic E-state index is 13.4. The van der Waals surface area contributed by atoms with Crippen LogP contribution in [0.4, 0.5) is 0 Å². The fourth-order valence-electron chi connectivity index (χ4n) is 4.23. The van der Waals surface area contributed by atoms with Crippen LogP contribution in [0.1, 0.15) is 27.9 Å². The zero-order valence-electron chi connectivity index (χ0n) is 22.5. The molecule has 2 N–H and O–H groups in total. The van der Waals surface area contributed by atoms with Crippen LogP contribution in [0.2, 0.25) is 5.02 Å². The van der Waals surface area contributed by atoms with E-state index in [1.165, 1.54) is 0 Å². The van der Waals surface area contributed by atoms with Crippen molar-refractivity contribution in [1.29, 1.82) is 0 Å². The maximum Gasteiger partial charge on any atom is 0.267 e. The van der Waals surface area contributed by atoms with E-state index in [0.717, 1.165) is 16.8 Å². The van der Waals surface area contributed by atoms with Gasteiger partial charge in [0.15, 0.2) is 0 Å². The zero-order chi connectivity index (χ0) is 28.6. The van der Waals surface area contributed by atoms with Crippen LogP contribution in [-0.2, 0) is 11.3 Å². The van der Waals surface area contributed by atoms with Crippen molar-refractivity contribution in [1.82, 2.24) is 30.0 Å². The molecule has 0 spiro atoms. The topological polar surface area (TPSA) is 93.8 Å². The minimum atomic E-state index is -0.398. The SMILES string of the molecule is Cc1ccc(C(=O)N/C(=C\c2cn(-c3ccccc3)nc2-c2ccc(Cl)cc2)C(=O)NCCCn2ccnc2)cc1. The number of nitrogens with zero attached hydrogens (tertiary/aromatic N) is 4. The van der Waals surface area contributed by atoms with E-state index in [1.54, 1.807) is 47.5 Å². The van der Waals surface area contributed by atoms with Crippen molar-refractivity contribution >= 4 is 29.5 Å². The highest BCUT2D eigenvalue weighted by molar-refractivity contribution is 6.30. The average molecular weight is 565 g/mol. The van der Waals surface area contributed by atoms with E-state index in [4.69, 9.17) is 16.7 Å². The number of hydrogen-bond acceptors (Lipinski definition) is 4. The van der Waals surface area contributed by atoms with Crippen LogP contribution in [0.25, 0.3) is 23.0 Å². The zero-order valence-corrected chi connectivity index (χ0v) is 23.3. The molecular weight excluding hydrogens is 536 g/mol. The molecule has 0 unspecified atom stereocenters. The summed E-state index contributed by atoms with van der Waals surface area (Å²) < 4.78 is 3.69. The van der Waals surface area contributed by atoms with E-state index in [9.17, 15) is 9.59 Å². The Morgan fingerprint density at radius 2 is 1.73 bits per heavy atom. The molecule has 0 bridgehead atoms. The Morgan fingerprint density at radius 3 is 2.44 bits per heavy atom. The van der Waals surface area contributed by atoms with Crippen LogP contribution in [0.3, 0.4) is 0 Å². The Morgan fingerprint density at radius 1 is 0.976 bits per heavy atom. The second kappa shape index (κ2) is 12.9. The van der Waals surface area contributed by atoms with Gasteiger partial charge in [-0.15, -0.1) is 0 Å². The van der Waals surface area contributed by atoms with Gasteiger partial charge < -0.3 is 15.2 Å². The van der Waals surface area contributed by atoms with Crippen LogP contribution in [0.5, 0.6) is 0 Å². The molecule has 2 heterocycles. The lowest BCUT2D eigenvalue weighted by Gasteiger charge is -2.12. The molecule has 0 saturated carbocycles. The third-order valence-corrected chi connectivity index (χ3v) is 6.68. The molecule has 0 aliphatic rings. The van der Waals surface area contributed by atoms with Crippen LogP contribution < -0.4 is 10.6 Å². The number of amides is 2. The van der Waals surface area contributed by atoms with Gasteiger partial charge in [-0.25, -0.2) is 9.67 Å². The summed E-state index contributed by atoms with van der Waals surface area (Å²) in [5, 5.41) is 11.2. The second-order valence-electron chi connectivity index (χ2n) is 9.51. The van der Waals surface area contributed by atoms with Crippen molar-refractivity contribution in [2.24, 2.45) is 0 Å². The van der Waals surface area contributed by atoms with Gasteiger partial charge in [-0.05, 0) is 55.8 Å². The van der Waals surface area contributed by atoms with Gasteiger partial charge >= 0.3 is 0 Å². The lowest BCUT2D eigenvalue weighted by Crippen LogP contribution is -2.35. The lowest BCUT2D eigenvalue weighted by atomic mass is 10.1. The van der Waals surface area contributed by atoms with Crippen molar-refractivity contribution in [3.8, 4) is 16.9 Å². The third kappa shape index (κ3) is 7.17. The van der Waals surface area contributed by atoms with Crippen molar-refractivity contribution in [2.45, 2.75) is 19.9 Å². The van der Waals surface area contributed by atoms with Crippen LogP contribution in [0, 0.1) is 6.92 Å². The molecular formula is C32H29ClN6O2. The minimum Gasteiger partial charge on any atom is -0.351 e. The molecule has 5 rings (SSSR count). The quantitative estimate of drug-likeness (QED) is 0.169. The van der Waals surface area contributed by atoms with Crippen molar-refractivity contribution in [3.05, 3.63) is 131 Å². The first-order chi connectivity index (χ1) is 20.0. The molecule has 2 aromatic heterocycles. The standard InChI is InChI=1S/C32H29ClN6O2/c1-23-8-10-25(11-9-23)31(40)36-29(32(41)35-16-5-18-38-19-17-34-22-38)20-26-21-39(28-6-3-2-4-7-28)37-30(26)24-12-14-27(33)15-13-24/h2-4,6-15,17,19-22H,5,16,18H2,1H3,(H,35,41)(H,36,40)/b29-20-. The molecule has 0 saturated heterocycles. The first-order valence-corrected chi connectivity index (χ1v) is 13.6. The second-order valence-corrected chi connectivity index (χ2v) is 9.94. The highest BCUT2D eigenvalue weighted by atomic mass is 35.5. The molecule has 9 heteroatoms. The Hall–Kier alpha value is -4.95. The van der Waals surface area contributed by atoms with Gasteiger partial charge in [0.05, 0.1) is 12.0 Å². The molecule has 41 heavy (non-hydrogen) atoms. The molecule has 0 radical (unpaired) electrons. The van der Waals surface area contributed by atoms with Gasteiger partial charge in [0.1, 0.15) is 11.4 Å². The number of para-hydroxylation sites is 1. The van der Waals surface area contributed by atoms with E-state index in [1.807, 2.05) is 78.5 Å². The smallest absolute Gasteiger partial charge is 0.267 e.